The Morgan fingerprint density at radius 2 is 2.50 bits per heavy atom. The van der Waals surface area contributed by atoms with E-state index in [0.717, 1.165) is 18.2 Å². The second-order valence-corrected chi connectivity index (χ2v) is 3.90. The molecule has 2 unspecified atom stereocenters. The summed E-state index contributed by atoms with van der Waals surface area (Å²) in [7, 11) is 0. The molecular formula is C9H16N4O. The Bertz CT molecular complexity index is 299. The Morgan fingerprint density at radius 3 is 3.14 bits per heavy atom. The molecule has 2 N–H and O–H groups in total. The molecule has 1 fully saturated rings. The average Bonchev–Trinajstić information content (AvgIpc) is 2.69. The van der Waals surface area contributed by atoms with Crippen molar-refractivity contribution in [2.75, 3.05) is 6.61 Å². The summed E-state index contributed by atoms with van der Waals surface area (Å²) in [6.07, 6.45) is 3.14. The second-order valence-electron chi connectivity index (χ2n) is 3.90. The van der Waals surface area contributed by atoms with Gasteiger partial charge in [0.25, 0.3) is 0 Å². The number of nitrogens with zero attached hydrogens (tertiary/aromatic N) is 3. The first-order chi connectivity index (χ1) is 6.79. The molecule has 2 atom stereocenters. The number of aliphatic hydroxyl groups excluding tert-OH is 1. The summed E-state index contributed by atoms with van der Waals surface area (Å²) in [6, 6.07) is 0.665. The van der Waals surface area contributed by atoms with E-state index in [0.29, 0.717) is 12.6 Å². The van der Waals surface area contributed by atoms with Crippen molar-refractivity contribution in [1.82, 2.24) is 20.3 Å². The van der Waals surface area contributed by atoms with E-state index >= 15 is 0 Å². The number of hydrogen-bond donors (Lipinski definition) is 2. The molecule has 1 aliphatic rings. The average molecular weight is 196 g/mol. The van der Waals surface area contributed by atoms with E-state index < -0.39 is 0 Å². The number of hydrogen-bond acceptors (Lipinski definition) is 4. The minimum atomic E-state index is 0.107. The van der Waals surface area contributed by atoms with Gasteiger partial charge in [0.15, 0.2) is 0 Å². The minimum Gasteiger partial charge on any atom is -0.394 e. The maximum Gasteiger partial charge on any atom is 0.0964 e. The molecule has 0 aromatic carbocycles. The van der Waals surface area contributed by atoms with Crippen LogP contribution in [0.25, 0.3) is 0 Å². The molecule has 14 heavy (non-hydrogen) atoms. The van der Waals surface area contributed by atoms with E-state index in [9.17, 15) is 0 Å². The molecule has 1 aromatic heterocycles. The summed E-state index contributed by atoms with van der Waals surface area (Å²) < 4.78 is 1.66. The number of aromatic nitrogens is 3. The molecule has 0 bridgehead atoms. The molecule has 0 amide bonds. The van der Waals surface area contributed by atoms with Crippen LogP contribution in [0, 0.1) is 5.92 Å². The summed E-state index contributed by atoms with van der Waals surface area (Å²) in [5, 5.41) is 20.0. The standard InChI is InChI=1S/C9H16N4O/c1-7-4-9(7)10-5-8-6-13(2-3-14)12-11-8/h6-7,9-10,14H,2-5H2,1H3. The van der Waals surface area contributed by atoms with E-state index in [4.69, 9.17) is 5.11 Å². The van der Waals surface area contributed by atoms with Crippen molar-refractivity contribution in [2.45, 2.75) is 32.5 Å². The van der Waals surface area contributed by atoms with Crippen molar-refractivity contribution in [2.24, 2.45) is 5.92 Å². The van der Waals surface area contributed by atoms with Crippen LogP contribution in [0.4, 0.5) is 0 Å². The zero-order valence-electron chi connectivity index (χ0n) is 8.35. The van der Waals surface area contributed by atoms with Gasteiger partial charge in [0.05, 0.1) is 18.8 Å². The molecule has 5 heteroatoms. The highest BCUT2D eigenvalue weighted by Crippen LogP contribution is 2.28. The third-order valence-electron chi connectivity index (χ3n) is 2.57. The molecule has 0 saturated heterocycles. The Balaban J connectivity index is 1.78. The quantitative estimate of drug-likeness (QED) is 0.682. The van der Waals surface area contributed by atoms with Crippen LogP contribution in [0.15, 0.2) is 6.20 Å². The highest BCUT2D eigenvalue weighted by molar-refractivity contribution is 4.96. The molecule has 5 nitrogen and oxygen atoms in total. The summed E-state index contributed by atoms with van der Waals surface area (Å²) in [4.78, 5) is 0. The van der Waals surface area contributed by atoms with Crippen molar-refractivity contribution in [1.29, 1.82) is 0 Å². The molecular weight excluding hydrogens is 180 g/mol. The Labute approximate surface area is 83.1 Å². The molecule has 1 heterocycles. The summed E-state index contributed by atoms with van der Waals surface area (Å²) in [6.45, 7) is 3.64. The molecule has 1 aliphatic carbocycles. The first kappa shape index (κ1) is 9.61. The normalized spacial score (nSPS) is 25.3. The van der Waals surface area contributed by atoms with Crippen molar-refractivity contribution in [3.8, 4) is 0 Å². The number of nitrogens with one attached hydrogen (secondary N) is 1. The van der Waals surface area contributed by atoms with E-state index in [1.165, 1.54) is 6.42 Å². The smallest absolute Gasteiger partial charge is 0.0964 e. The van der Waals surface area contributed by atoms with Crippen LogP contribution in [0.1, 0.15) is 19.0 Å². The topological polar surface area (TPSA) is 63.0 Å². The maximum absolute atomic E-state index is 8.69. The highest BCUT2D eigenvalue weighted by atomic mass is 16.3. The van der Waals surface area contributed by atoms with E-state index in [1.54, 1.807) is 4.68 Å². The number of rotatable bonds is 5. The van der Waals surface area contributed by atoms with Gasteiger partial charge in [-0.1, -0.05) is 12.1 Å². The highest BCUT2D eigenvalue weighted by Gasteiger charge is 2.31. The van der Waals surface area contributed by atoms with Crippen molar-refractivity contribution in [3.63, 3.8) is 0 Å². The fourth-order valence-electron chi connectivity index (χ4n) is 1.47. The van der Waals surface area contributed by atoms with Gasteiger partial charge < -0.3 is 10.4 Å². The van der Waals surface area contributed by atoms with Gasteiger partial charge in [-0.15, -0.1) is 5.10 Å². The van der Waals surface area contributed by atoms with Crippen LogP contribution in [0.5, 0.6) is 0 Å². The largest absolute Gasteiger partial charge is 0.394 e. The molecule has 1 saturated carbocycles. The van der Waals surface area contributed by atoms with Gasteiger partial charge in [0, 0.05) is 18.8 Å². The van der Waals surface area contributed by atoms with Gasteiger partial charge in [-0.2, -0.15) is 0 Å². The zero-order valence-corrected chi connectivity index (χ0v) is 8.35. The monoisotopic (exact) mass is 196 g/mol. The predicted molar refractivity (Wildman–Crippen MR) is 51.5 cm³/mol. The second kappa shape index (κ2) is 4.06. The SMILES string of the molecule is CC1CC1NCc1cn(CCO)nn1. The third kappa shape index (κ3) is 2.30. The molecule has 1 aromatic rings. The molecule has 0 radical (unpaired) electrons. The van der Waals surface area contributed by atoms with Crippen LogP contribution in [0.2, 0.25) is 0 Å². The Kier molecular flexibility index (Phi) is 2.79. The summed E-state index contributed by atoms with van der Waals surface area (Å²) in [5.41, 5.74) is 0.942. The summed E-state index contributed by atoms with van der Waals surface area (Å²) >= 11 is 0. The van der Waals surface area contributed by atoms with E-state index in [2.05, 4.69) is 22.6 Å². The lowest BCUT2D eigenvalue weighted by Gasteiger charge is -1.97. The Hall–Kier alpha value is -0.940. The lowest BCUT2D eigenvalue weighted by atomic mass is 10.4. The lowest BCUT2D eigenvalue weighted by Crippen LogP contribution is -2.17. The van der Waals surface area contributed by atoms with Gasteiger partial charge in [-0.05, 0) is 12.3 Å². The first-order valence-corrected chi connectivity index (χ1v) is 5.03. The van der Waals surface area contributed by atoms with Gasteiger partial charge >= 0.3 is 0 Å². The van der Waals surface area contributed by atoms with Crippen molar-refractivity contribution in [3.05, 3.63) is 11.9 Å². The fourth-order valence-corrected chi connectivity index (χ4v) is 1.47. The first-order valence-electron chi connectivity index (χ1n) is 5.03. The maximum atomic E-state index is 8.69. The van der Waals surface area contributed by atoms with Gasteiger partial charge in [-0.3, -0.25) is 0 Å². The van der Waals surface area contributed by atoms with Crippen molar-refractivity contribution < 1.29 is 5.11 Å². The van der Waals surface area contributed by atoms with Crippen molar-refractivity contribution >= 4 is 0 Å². The fraction of sp³-hybridized carbons (Fsp3) is 0.778. The van der Waals surface area contributed by atoms with E-state index in [-0.39, 0.29) is 6.61 Å². The van der Waals surface area contributed by atoms with Gasteiger partial charge in [-0.25, -0.2) is 4.68 Å². The van der Waals surface area contributed by atoms with Crippen LogP contribution in [-0.2, 0) is 13.1 Å². The van der Waals surface area contributed by atoms with Crippen LogP contribution < -0.4 is 5.32 Å². The third-order valence-corrected chi connectivity index (χ3v) is 2.57. The molecule has 2 rings (SSSR count). The Morgan fingerprint density at radius 1 is 1.71 bits per heavy atom. The van der Waals surface area contributed by atoms with Crippen LogP contribution in [0.3, 0.4) is 0 Å². The van der Waals surface area contributed by atoms with Gasteiger partial charge in [0.2, 0.25) is 0 Å². The van der Waals surface area contributed by atoms with E-state index in [1.807, 2.05) is 6.20 Å². The number of aliphatic hydroxyl groups is 1. The van der Waals surface area contributed by atoms with Crippen LogP contribution >= 0.6 is 0 Å². The predicted octanol–water partition coefficient (Wildman–Crippen LogP) is -0.232. The zero-order chi connectivity index (χ0) is 9.97. The molecule has 0 aliphatic heterocycles. The van der Waals surface area contributed by atoms with Crippen LogP contribution in [-0.4, -0.2) is 32.7 Å². The molecule has 78 valence electrons. The summed E-state index contributed by atoms with van der Waals surface area (Å²) in [5.74, 6) is 0.808. The molecule has 0 spiro atoms. The van der Waals surface area contributed by atoms with Gasteiger partial charge in [0.1, 0.15) is 0 Å². The minimum absolute atomic E-state index is 0.107. The lowest BCUT2D eigenvalue weighted by molar-refractivity contribution is 0.268.